The zero-order chi connectivity index (χ0) is 20.5. The third-order valence-electron chi connectivity index (χ3n) is 5.18. The number of aliphatic imine (C=N–C) groups is 1. The second-order valence-electron chi connectivity index (χ2n) is 7.23. The molecule has 0 saturated heterocycles. The molecule has 5 heteroatoms. The van der Waals surface area contributed by atoms with E-state index in [4.69, 9.17) is 4.52 Å². The standard InChI is InChI=1S/C24H30N4O/c1-18-23(19(2)29-28-18)14-15-26-24(25-3)27-17-22(21-12-8-5-9-13-21)16-20-10-6-4-7-11-20/h4-13,22H,14-17H2,1-3H3,(H2,25,26,27). The van der Waals surface area contributed by atoms with Gasteiger partial charge in [0.25, 0.3) is 0 Å². The Kier molecular flexibility index (Phi) is 7.45. The molecule has 0 radical (unpaired) electrons. The molecule has 2 aromatic carbocycles. The number of nitrogens with zero attached hydrogens (tertiary/aromatic N) is 2. The average molecular weight is 391 g/mol. The van der Waals surface area contributed by atoms with E-state index in [0.29, 0.717) is 5.92 Å². The van der Waals surface area contributed by atoms with Crippen molar-refractivity contribution in [3.63, 3.8) is 0 Å². The summed E-state index contributed by atoms with van der Waals surface area (Å²) in [6.07, 6.45) is 1.84. The van der Waals surface area contributed by atoms with Gasteiger partial charge in [-0.2, -0.15) is 0 Å². The van der Waals surface area contributed by atoms with Gasteiger partial charge in [-0.05, 0) is 37.8 Å². The van der Waals surface area contributed by atoms with Gasteiger partial charge in [-0.15, -0.1) is 0 Å². The van der Waals surface area contributed by atoms with Gasteiger partial charge in [-0.1, -0.05) is 65.8 Å². The highest BCUT2D eigenvalue weighted by molar-refractivity contribution is 5.79. The van der Waals surface area contributed by atoms with E-state index >= 15 is 0 Å². The number of aromatic nitrogens is 1. The smallest absolute Gasteiger partial charge is 0.191 e. The zero-order valence-corrected chi connectivity index (χ0v) is 17.5. The summed E-state index contributed by atoms with van der Waals surface area (Å²) < 4.78 is 5.24. The first-order chi connectivity index (χ1) is 14.2. The van der Waals surface area contributed by atoms with Crippen LogP contribution in [0.2, 0.25) is 0 Å². The van der Waals surface area contributed by atoms with Crippen molar-refractivity contribution < 1.29 is 4.52 Å². The second-order valence-corrected chi connectivity index (χ2v) is 7.23. The molecule has 2 N–H and O–H groups in total. The maximum absolute atomic E-state index is 5.24. The number of hydrogen-bond acceptors (Lipinski definition) is 3. The van der Waals surface area contributed by atoms with Gasteiger partial charge in [0.2, 0.25) is 0 Å². The monoisotopic (exact) mass is 390 g/mol. The Bertz CT molecular complexity index is 884. The number of aryl methyl sites for hydroxylation is 2. The minimum absolute atomic E-state index is 0.361. The first kappa shape index (κ1) is 20.6. The predicted octanol–water partition coefficient (Wildman–Crippen LogP) is 4.03. The van der Waals surface area contributed by atoms with E-state index in [-0.39, 0.29) is 0 Å². The molecule has 0 spiro atoms. The van der Waals surface area contributed by atoms with E-state index in [1.165, 1.54) is 16.7 Å². The molecule has 0 bridgehead atoms. The van der Waals surface area contributed by atoms with Crippen molar-refractivity contribution in [3.05, 3.63) is 88.8 Å². The zero-order valence-electron chi connectivity index (χ0n) is 17.5. The van der Waals surface area contributed by atoms with Crippen molar-refractivity contribution in [1.82, 2.24) is 15.8 Å². The highest BCUT2D eigenvalue weighted by Crippen LogP contribution is 2.20. The molecule has 152 valence electrons. The molecule has 5 nitrogen and oxygen atoms in total. The fourth-order valence-corrected chi connectivity index (χ4v) is 3.54. The van der Waals surface area contributed by atoms with Crippen molar-refractivity contribution in [2.75, 3.05) is 20.1 Å². The molecule has 1 aromatic heterocycles. The van der Waals surface area contributed by atoms with Gasteiger partial charge in [0.15, 0.2) is 5.96 Å². The van der Waals surface area contributed by atoms with E-state index < -0.39 is 0 Å². The Hall–Kier alpha value is -3.08. The summed E-state index contributed by atoms with van der Waals surface area (Å²) in [6, 6.07) is 21.3. The maximum Gasteiger partial charge on any atom is 0.191 e. The van der Waals surface area contributed by atoms with Gasteiger partial charge in [-0.25, -0.2) is 0 Å². The predicted molar refractivity (Wildman–Crippen MR) is 118 cm³/mol. The minimum Gasteiger partial charge on any atom is -0.361 e. The van der Waals surface area contributed by atoms with Crippen LogP contribution >= 0.6 is 0 Å². The van der Waals surface area contributed by atoms with Crippen LogP contribution in [0.5, 0.6) is 0 Å². The summed E-state index contributed by atoms with van der Waals surface area (Å²) >= 11 is 0. The summed E-state index contributed by atoms with van der Waals surface area (Å²) in [5.41, 5.74) is 4.79. The third-order valence-corrected chi connectivity index (χ3v) is 5.18. The van der Waals surface area contributed by atoms with Crippen LogP contribution in [0.4, 0.5) is 0 Å². The number of benzene rings is 2. The summed E-state index contributed by atoms with van der Waals surface area (Å²) in [5, 5.41) is 10.9. The number of hydrogen-bond donors (Lipinski definition) is 2. The van der Waals surface area contributed by atoms with Crippen molar-refractivity contribution in [2.24, 2.45) is 4.99 Å². The Labute approximate surface area is 173 Å². The van der Waals surface area contributed by atoms with Crippen molar-refractivity contribution >= 4 is 5.96 Å². The average Bonchev–Trinajstić information content (AvgIpc) is 3.08. The van der Waals surface area contributed by atoms with Crippen molar-refractivity contribution in [3.8, 4) is 0 Å². The van der Waals surface area contributed by atoms with Crippen LogP contribution in [0.3, 0.4) is 0 Å². The van der Waals surface area contributed by atoms with Gasteiger partial charge in [0.1, 0.15) is 5.76 Å². The van der Waals surface area contributed by atoms with Crippen LogP contribution in [-0.2, 0) is 12.8 Å². The summed E-state index contributed by atoms with van der Waals surface area (Å²) in [5.74, 6) is 2.06. The molecule has 1 atom stereocenters. The molecule has 0 fully saturated rings. The van der Waals surface area contributed by atoms with Crippen molar-refractivity contribution in [1.29, 1.82) is 0 Å². The lowest BCUT2D eigenvalue weighted by atomic mass is 9.92. The summed E-state index contributed by atoms with van der Waals surface area (Å²) in [4.78, 5) is 4.38. The van der Waals surface area contributed by atoms with Crippen LogP contribution in [0.25, 0.3) is 0 Å². The SMILES string of the molecule is CN=C(NCCc1c(C)noc1C)NCC(Cc1ccccc1)c1ccccc1. The minimum atomic E-state index is 0.361. The van der Waals surface area contributed by atoms with Gasteiger partial charge >= 0.3 is 0 Å². The van der Waals surface area contributed by atoms with Gasteiger partial charge in [-0.3, -0.25) is 4.99 Å². The number of nitrogens with one attached hydrogen (secondary N) is 2. The van der Waals surface area contributed by atoms with Crippen LogP contribution < -0.4 is 10.6 Å². The van der Waals surface area contributed by atoms with Crippen LogP contribution in [-0.4, -0.2) is 31.3 Å². The fraction of sp³-hybridized carbons (Fsp3) is 0.333. The number of guanidine groups is 1. The normalized spacial score (nSPS) is 12.6. The van der Waals surface area contributed by atoms with Crippen LogP contribution in [0.1, 0.15) is 34.1 Å². The first-order valence-corrected chi connectivity index (χ1v) is 10.1. The van der Waals surface area contributed by atoms with E-state index in [1.807, 2.05) is 13.8 Å². The highest BCUT2D eigenvalue weighted by Gasteiger charge is 2.14. The molecular formula is C24H30N4O. The summed E-state index contributed by atoms with van der Waals surface area (Å²) in [7, 11) is 1.81. The van der Waals surface area contributed by atoms with E-state index in [2.05, 4.69) is 81.4 Å². The van der Waals surface area contributed by atoms with E-state index in [0.717, 1.165) is 43.3 Å². The Balaban J connectivity index is 1.58. The lowest BCUT2D eigenvalue weighted by Gasteiger charge is -2.20. The topological polar surface area (TPSA) is 62.5 Å². The molecule has 1 heterocycles. The molecule has 0 aliphatic heterocycles. The Morgan fingerprint density at radius 2 is 1.69 bits per heavy atom. The Morgan fingerprint density at radius 1 is 1.00 bits per heavy atom. The molecule has 3 rings (SSSR count). The van der Waals surface area contributed by atoms with Gasteiger partial charge in [0.05, 0.1) is 5.69 Å². The molecule has 0 saturated carbocycles. The largest absolute Gasteiger partial charge is 0.361 e. The fourth-order valence-electron chi connectivity index (χ4n) is 3.54. The van der Waals surface area contributed by atoms with Gasteiger partial charge < -0.3 is 15.2 Å². The summed E-state index contributed by atoms with van der Waals surface area (Å²) in [6.45, 7) is 5.52. The van der Waals surface area contributed by atoms with E-state index in [9.17, 15) is 0 Å². The van der Waals surface area contributed by atoms with Crippen molar-refractivity contribution in [2.45, 2.75) is 32.6 Å². The van der Waals surface area contributed by atoms with Crippen LogP contribution in [0, 0.1) is 13.8 Å². The lowest BCUT2D eigenvalue weighted by molar-refractivity contribution is 0.392. The molecule has 3 aromatic rings. The first-order valence-electron chi connectivity index (χ1n) is 10.1. The van der Waals surface area contributed by atoms with Crippen LogP contribution in [0.15, 0.2) is 70.2 Å². The van der Waals surface area contributed by atoms with E-state index in [1.54, 1.807) is 7.05 Å². The molecule has 0 aliphatic rings. The third kappa shape index (κ3) is 5.95. The molecule has 1 unspecified atom stereocenters. The highest BCUT2D eigenvalue weighted by atomic mass is 16.5. The number of rotatable bonds is 8. The molecule has 0 aliphatic carbocycles. The lowest BCUT2D eigenvalue weighted by Crippen LogP contribution is -2.40. The molecule has 0 amide bonds. The second kappa shape index (κ2) is 10.5. The molecular weight excluding hydrogens is 360 g/mol. The van der Waals surface area contributed by atoms with Gasteiger partial charge in [0, 0.05) is 31.6 Å². The molecule has 29 heavy (non-hydrogen) atoms. The maximum atomic E-state index is 5.24. The quantitative estimate of drug-likeness (QED) is 0.450. The Morgan fingerprint density at radius 3 is 2.31 bits per heavy atom.